The smallest absolute Gasteiger partial charge is 0.328 e. The second-order valence-corrected chi connectivity index (χ2v) is 7.07. The topological polar surface area (TPSA) is 128 Å². The van der Waals surface area contributed by atoms with Gasteiger partial charge in [0.15, 0.2) is 0 Å². The van der Waals surface area contributed by atoms with E-state index >= 15 is 0 Å². The van der Waals surface area contributed by atoms with E-state index in [1.807, 2.05) is 49.4 Å². The van der Waals surface area contributed by atoms with Crippen molar-refractivity contribution < 1.29 is 29.7 Å². The first kappa shape index (κ1) is 26.0. The number of aliphatic hydroxyl groups is 1. The van der Waals surface area contributed by atoms with Crippen LogP contribution in [0.4, 0.5) is 0 Å². The summed E-state index contributed by atoms with van der Waals surface area (Å²) in [5.74, 6) is -2.51. The van der Waals surface area contributed by atoms with Crippen molar-refractivity contribution >= 4 is 23.7 Å². The first-order chi connectivity index (χ1) is 13.5. The average Bonchev–Trinajstić information content (AvgIpc) is 2.64. The Balaban J connectivity index is 0.000000828. The Labute approximate surface area is 171 Å². The SMILES string of the molecule is CC(/C=C/c1ccccc1)=N\OCC(O)CNC(C)(C)C.O=C(O)/C=C\C(=O)O. The quantitative estimate of drug-likeness (QED) is 0.282. The summed E-state index contributed by atoms with van der Waals surface area (Å²) in [5, 5.41) is 32.6. The molecule has 0 fully saturated rings. The largest absolute Gasteiger partial charge is 0.478 e. The van der Waals surface area contributed by atoms with Crippen molar-refractivity contribution in [2.45, 2.75) is 39.3 Å². The van der Waals surface area contributed by atoms with Gasteiger partial charge in [0.05, 0.1) is 5.71 Å². The van der Waals surface area contributed by atoms with Crippen LogP contribution < -0.4 is 5.32 Å². The van der Waals surface area contributed by atoms with Gasteiger partial charge in [-0.05, 0) is 39.3 Å². The zero-order chi connectivity index (χ0) is 22.3. The lowest BCUT2D eigenvalue weighted by Crippen LogP contribution is -2.42. The van der Waals surface area contributed by atoms with Crippen LogP contribution in [-0.2, 0) is 14.4 Å². The summed E-state index contributed by atoms with van der Waals surface area (Å²) in [4.78, 5) is 24.3. The number of hydrogen-bond acceptors (Lipinski definition) is 6. The number of allylic oxidation sites excluding steroid dienone is 1. The number of β-amino-alcohol motifs (C(OH)–C–C–N with tert-alkyl or cyclic N) is 1. The van der Waals surface area contributed by atoms with Crippen LogP contribution in [0, 0.1) is 0 Å². The number of aliphatic hydroxyl groups excluding tert-OH is 1. The van der Waals surface area contributed by atoms with Crippen LogP contribution in [0.2, 0.25) is 0 Å². The van der Waals surface area contributed by atoms with E-state index < -0.39 is 18.0 Å². The van der Waals surface area contributed by atoms with Crippen LogP contribution in [0.5, 0.6) is 0 Å². The van der Waals surface area contributed by atoms with Gasteiger partial charge in [0.1, 0.15) is 12.7 Å². The van der Waals surface area contributed by atoms with Crippen LogP contribution >= 0.6 is 0 Å². The molecule has 0 radical (unpaired) electrons. The predicted octanol–water partition coefficient (Wildman–Crippen LogP) is 2.55. The lowest BCUT2D eigenvalue weighted by atomic mass is 10.1. The van der Waals surface area contributed by atoms with Gasteiger partial charge in [0.2, 0.25) is 0 Å². The summed E-state index contributed by atoms with van der Waals surface area (Å²) in [6.07, 6.45) is 4.40. The Hall–Kier alpha value is -2.97. The summed E-state index contributed by atoms with van der Waals surface area (Å²) in [5.41, 5.74) is 1.86. The second-order valence-electron chi connectivity index (χ2n) is 7.07. The molecule has 0 saturated heterocycles. The van der Waals surface area contributed by atoms with Crippen LogP contribution in [0.1, 0.15) is 33.3 Å². The van der Waals surface area contributed by atoms with Gasteiger partial charge in [0, 0.05) is 24.2 Å². The first-order valence-electron chi connectivity index (χ1n) is 8.96. The third kappa shape index (κ3) is 18.2. The standard InChI is InChI=1S/C17H26N2O2.C4H4O4/c1-14(10-11-15-8-6-5-7-9-15)19-21-13-16(20)12-18-17(2,3)4;5-3(6)1-2-4(7)8/h5-11,16,18,20H,12-13H2,1-4H3;1-2H,(H,5,6)(H,7,8)/b11-10+,19-14+;2-1-. The van der Waals surface area contributed by atoms with Crippen molar-refractivity contribution in [1.29, 1.82) is 0 Å². The third-order valence-electron chi connectivity index (χ3n) is 3.03. The zero-order valence-electron chi connectivity index (χ0n) is 17.2. The van der Waals surface area contributed by atoms with Gasteiger partial charge in [-0.25, -0.2) is 9.59 Å². The van der Waals surface area contributed by atoms with Gasteiger partial charge >= 0.3 is 11.9 Å². The zero-order valence-corrected chi connectivity index (χ0v) is 17.2. The molecule has 1 unspecified atom stereocenters. The molecule has 8 nitrogen and oxygen atoms in total. The van der Waals surface area contributed by atoms with Gasteiger partial charge in [-0.3, -0.25) is 0 Å². The molecule has 0 heterocycles. The number of hydrogen-bond donors (Lipinski definition) is 4. The van der Waals surface area contributed by atoms with Crippen LogP contribution in [0.15, 0.2) is 53.7 Å². The average molecular weight is 406 g/mol. The minimum atomic E-state index is -1.26. The molecule has 1 atom stereocenters. The van der Waals surface area contributed by atoms with E-state index in [-0.39, 0.29) is 12.1 Å². The normalized spacial score (nSPS) is 13.1. The van der Waals surface area contributed by atoms with Crippen LogP contribution in [0.3, 0.4) is 0 Å². The van der Waals surface area contributed by atoms with Crippen molar-refractivity contribution in [3.05, 3.63) is 54.1 Å². The maximum Gasteiger partial charge on any atom is 0.328 e. The van der Waals surface area contributed by atoms with E-state index in [4.69, 9.17) is 15.1 Å². The molecule has 29 heavy (non-hydrogen) atoms. The highest BCUT2D eigenvalue weighted by molar-refractivity contribution is 5.95. The maximum absolute atomic E-state index is 9.76. The minimum absolute atomic E-state index is 0.0153. The molecule has 1 aromatic carbocycles. The number of carbonyl (C=O) groups is 2. The lowest BCUT2D eigenvalue weighted by Gasteiger charge is -2.22. The number of carboxylic acids is 2. The fraction of sp³-hybridized carbons (Fsp3) is 0.381. The first-order valence-corrected chi connectivity index (χ1v) is 8.96. The van der Waals surface area contributed by atoms with Gasteiger partial charge in [0.25, 0.3) is 0 Å². The molecule has 0 bridgehead atoms. The van der Waals surface area contributed by atoms with Crippen LogP contribution in [0.25, 0.3) is 6.08 Å². The number of carboxylic acid groups (broad SMARTS) is 2. The number of oxime groups is 1. The van der Waals surface area contributed by atoms with Crippen molar-refractivity contribution in [1.82, 2.24) is 5.32 Å². The van der Waals surface area contributed by atoms with E-state index in [0.29, 0.717) is 18.7 Å². The molecule has 8 heteroatoms. The van der Waals surface area contributed by atoms with Crippen molar-refractivity contribution in [3.8, 4) is 0 Å². The number of rotatable bonds is 9. The highest BCUT2D eigenvalue weighted by atomic mass is 16.6. The predicted molar refractivity (Wildman–Crippen MR) is 113 cm³/mol. The molecule has 0 aliphatic heterocycles. The van der Waals surface area contributed by atoms with Crippen molar-refractivity contribution in [3.63, 3.8) is 0 Å². The number of aliphatic carboxylic acids is 2. The number of benzene rings is 1. The molecule has 0 saturated carbocycles. The molecule has 1 aromatic rings. The Morgan fingerprint density at radius 3 is 2.14 bits per heavy atom. The number of nitrogens with one attached hydrogen (secondary N) is 1. The van der Waals surface area contributed by atoms with E-state index in [1.165, 1.54) is 0 Å². The molecule has 4 N–H and O–H groups in total. The molecular formula is C21H30N2O6. The summed E-state index contributed by atoms with van der Waals surface area (Å²) >= 11 is 0. The molecule has 0 aromatic heterocycles. The Morgan fingerprint density at radius 2 is 1.66 bits per heavy atom. The molecule has 0 spiro atoms. The molecule has 160 valence electrons. The summed E-state index contributed by atoms with van der Waals surface area (Å²) in [6, 6.07) is 10.00. The molecule has 0 amide bonds. The Morgan fingerprint density at radius 1 is 1.10 bits per heavy atom. The minimum Gasteiger partial charge on any atom is -0.478 e. The van der Waals surface area contributed by atoms with E-state index in [1.54, 1.807) is 0 Å². The van der Waals surface area contributed by atoms with E-state index in [0.717, 1.165) is 11.3 Å². The second kappa shape index (κ2) is 14.1. The molecular weight excluding hydrogens is 376 g/mol. The monoisotopic (exact) mass is 406 g/mol. The lowest BCUT2D eigenvalue weighted by molar-refractivity contribution is -0.134. The fourth-order valence-electron chi connectivity index (χ4n) is 1.66. The van der Waals surface area contributed by atoms with Crippen LogP contribution in [-0.4, -0.2) is 57.8 Å². The van der Waals surface area contributed by atoms with Gasteiger partial charge in [-0.2, -0.15) is 0 Å². The van der Waals surface area contributed by atoms with Gasteiger partial charge in [-0.15, -0.1) is 0 Å². The maximum atomic E-state index is 9.76. The highest BCUT2D eigenvalue weighted by Crippen LogP contribution is 2.02. The Kier molecular flexibility index (Phi) is 12.6. The molecule has 1 rings (SSSR count). The van der Waals surface area contributed by atoms with E-state index in [2.05, 4.69) is 31.2 Å². The molecule has 0 aliphatic rings. The van der Waals surface area contributed by atoms with Gasteiger partial charge < -0.3 is 25.5 Å². The highest BCUT2D eigenvalue weighted by Gasteiger charge is 2.12. The van der Waals surface area contributed by atoms with Crippen molar-refractivity contribution in [2.75, 3.05) is 13.2 Å². The molecule has 0 aliphatic carbocycles. The Bertz CT molecular complexity index is 690. The summed E-state index contributed by atoms with van der Waals surface area (Å²) in [6.45, 7) is 8.68. The number of nitrogens with zero attached hydrogens (tertiary/aromatic N) is 1. The van der Waals surface area contributed by atoms with Gasteiger partial charge in [-0.1, -0.05) is 41.6 Å². The van der Waals surface area contributed by atoms with Crippen molar-refractivity contribution in [2.24, 2.45) is 5.16 Å². The summed E-state index contributed by atoms with van der Waals surface area (Å²) < 4.78 is 0. The summed E-state index contributed by atoms with van der Waals surface area (Å²) in [7, 11) is 0. The third-order valence-corrected chi connectivity index (χ3v) is 3.03. The fourth-order valence-corrected chi connectivity index (χ4v) is 1.66. The van der Waals surface area contributed by atoms with E-state index in [9.17, 15) is 14.7 Å².